The van der Waals surface area contributed by atoms with Crippen LogP contribution in [0.2, 0.25) is 0 Å². The van der Waals surface area contributed by atoms with Crippen LogP contribution in [0.1, 0.15) is 25.3 Å². The van der Waals surface area contributed by atoms with Gasteiger partial charge in [-0.05, 0) is 48.7 Å². The first-order valence-corrected chi connectivity index (χ1v) is 9.69. The van der Waals surface area contributed by atoms with Crippen molar-refractivity contribution < 1.29 is 0 Å². The summed E-state index contributed by atoms with van der Waals surface area (Å²) in [7, 11) is 0. The van der Waals surface area contributed by atoms with E-state index < -0.39 is 0 Å². The highest BCUT2D eigenvalue weighted by atomic mass is 16.1. The van der Waals surface area contributed by atoms with Gasteiger partial charge in [0.05, 0.1) is 16.6 Å². The molecule has 0 bridgehead atoms. The zero-order valence-electron chi connectivity index (χ0n) is 15.6. The van der Waals surface area contributed by atoms with Crippen molar-refractivity contribution in [1.29, 1.82) is 0 Å². The van der Waals surface area contributed by atoms with Crippen molar-refractivity contribution in [2.24, 2.45) is 0 Å². The lowest BCUT2D eigenvalue weighted by Crippen LogP contribution is -2.09. The molecule has 0 aliphatic rings. The maximum atomic E-state index is 13.4. The van der Waals surface area contributed by atoms with Gasteiger partial charge in [-0.3, -0.25) is 9.59 Å². The molecule has 0 fully saturated rings. The second-order valence-corrected chi connectivity index (χ2v) is 7.34. The summed E-state index contributed by atoms with van der Waals surface area (Å²) >= 11 is 0. The quantitative estimate of drug-likeness (QED) is 0.439. The Morgan fingerprint density at radius 3 is 2.18 bits per heavy atom. The van der Waals surface area contributed by atoms with Gasteiger partial charge in [0.2, 0.25) is 0 Å². The van der Waals surface area contributed by atoms with Gasteiger partial charge >= 0.3 is 0 Å². The second-order valence-electron chi connectivity index (χ2n) is 7.34. The largest absolute Gasteiger partial charge is 0.354 e. The number of pyridine rings is 2. The number of aromatic nitrogens is 2. The number of unbranched alkanes of at least 4 members (excludes halogenated alkanes) is 1. The van der Waals surface area contributed by atoms with Crippen LogP contribution < -0.4 is 10.9 Å². The van der Waals surface area contributed by atoms with Crippen molar-refractivity contribution in [3.63, 3.8) is 0 Å². The average Bonchev–Trinajstić information content (AvgIpc) is 2.72. The highest BCUT2D eigenvalue weighted by molar-refractivity contribution is 6.03. The van der Waals surface area contributed by atoms with Crippen LogP contribution in [0, 0.1) is 0 Å². The topological polar surface area (TPSA) is 65.7 Å². The summed E-state index contributed by atoms with van der Waals surface area (Å²) in [6, 6.07) is 17.0. The molecule has 0 unspecified atom stereocenters. The molecule has 28 heavy (non-hydrogen) atoms. The van der Waals surface area contributed by atoms with Gasteiger partial charge in [0.15, 0.2) is 10.9 Å². The molecule has 0 aliphatic heterocycles. The van der Waals surface area contributed by atoms with E-state index >= 15 is 0 Å². The third-order valence-corrected chi connectivity index (χ3v) is 5.53. The van der Waals surface area contributed by atoms with Gasteiger partial charge in [0, 0.05) is 27.1 Å². The van der Waals surface area contributed by atoms with E-state index in [-0.39, 0.29) is 10.9 Å². The number of aromatic amines is 2. The molecule has 0 aliphatic carbocycles. The number of fused-ring (bicyclic) bond motifs is 4. The Bertz CT molecular complexity index is 1490. The molecule has 0 amide bonds. The lowest BCUT2D eigenvalue weighted by Gasteiger charge is -2.09. The Labute approximate surface area is 160 Å². The van der Waals surface area contributed by atoms with Gasteiger partial charge in [-0.2, -0.15) is 0 Å². The number of hydrogen-bond donors (Lipinski definition) is 2. The van der Waals surface area contributed by atoms with Gasteiger partial charge < -0.3 is 9.97 Å². The molecule has 0 saturated heterocycles. The number of nitrogens with one attached hydrogen (secondary N) is 2. The van der Waals surface area contributed by atoms with Gasteiger partial charge in [-0.15, -0.1) is 0 Å². The van der Waals surface area contributed by atoms with E-state index in [0.29, 0.717) is 27.2 Å². The smallest absolute Gasteiger partial charge is 0.197 e. The first kappa shape index (κ1) is 16.8. The minimum Gasteiger partial charge on any atom is -0.354 e. The first-order valence-electron chi connectivity index (χ1n) is 9.69. The fraction of sp³-hybridized carbons (Fsp3) is 0.167. The summed E-state index contributed by atoms with van der Waals surface area (Å²) in [5.41, 5.74) is 4.05. The molecule has 2 heterocycles. The number of benzene rings is 3. The van der Waals surface area contributed by atoms with Crippen molar-refractivity contribution in [3.05, 3.63) is 80.6 Å². The van der Waals surface area contributed by atoms with Crippen LogP contribution in [-0.2, 0) is 6.42 Å². The molecular formula is C24H20N2O2. The minimum absolute atomic E-state index is 0.0198. The third-order valence-electron chi connectivity index (χ3n) is 5.53. The number of hydrogen-bond acceptors (Lipinski definition) is 2. The molecule has 2 N–H and O–H groups in total. The third kappa shape index (κ3) is 2.45. The fourth-order valence-electron chi connectivity index (χ4n) is 4.09. The van der Waals surface area contributed by atoms with Gasteiger partial charge in [-0.25, -0.2) is 0 Å². The van der Waals surface area contributed by atoms with Crippen molar-refractivity contribution in [2.75, 3.05) is 0 Å². The van der Waals surface area contributed by atoms with Gasteiger partial charge in [0.25, 0.3) is 0 Å². The summed E-state index contributed by atoms with van der Waals surface area (Å²) in [5, 5.41) is 2.60. The number of para-hydroxylation sites is 1. The molecule has 0 radical (unpaired) electrons. The highest BCUT2D eigenvalue weighted by Crippen LogP contribution is 2.23. The van der Waals surface area contributed by atoms with Crippen molar-refractivity contribution >= 4 is 43.6 Å². The summed E-state index contributed by atoms with van der Waals surface area (Å²) in [6.45, 7) is 2.15. The maximum absolute atomic E-state index is 13.4. The summed E-state index contributed by atoms with van der Waals surface area (Å²) in [6.07, 6.45) is 3.02. The van der Waals surface area contributed by atoms with Gasteiger partial charge in [-0.1, -0.05) is 37.6 Å². The van der Waals surface area contributed by atoms with Crippen LogP contribution in [0.25, 0.3) is 43.6 Å². The predicted octanol–water partition coefficient (Wildman–Crippen LogP) is 5.02. The van der Waals surface area contributed by atoms with E-state index in [1.165, 1.54) is 0 Å². The number of H-pyrrole nitrogens is 2. The van der Waals surface area contributed by atoms with Crippen molar-refractivity contribution in [3.8, 4) is 0 Å². The van der Waals surface area contributed by atoms with E-state index in [4.69, 9.17) is 0 Å². The molecule has 138 valence electrons. The molecule has 0 saturated carbocycles. The van der Waals surface area contributed by atoms with E-state index in [2.05, 4.69) is 16.9 Å². The Kier molecular flexibility index (Phi) is 3.79. The summed E-state index contributed by atoms with van der Waals surface area (Å²) in [5.74, 6) is 0. The van der Waals surface area contributed by atoms with Crippen LogP contribution in [0.15, 0.2) is 64.2 Å². The molecular weight excluding hydrogens is 348 g/mol. The molecule has 4 heteroatoms. The van der Waals surface area contributed by atoms with Crippen LogP contribution in [0.3, 0.4) is 0 Å². The van der Waals surface area contributed by atoms with E-state index in [9.17, 15) is 9.59 Å². The molecule has 5 aromatic rings. The summed E-state index contributed by atoms with van der Waals surface area (Å²) < 4.78 is 0. The average molecular weight is 368 g/mol. The highest BCUT2D eigenvalue weighted by Gasteiger charge is 2.12. The van der Waals surface area contributed by atoms with Gasteiger partial charge in [0.1, 0.15) is 0 Å². The van der Waals surface area contributed by atoms with E-state index in [1.54, 1.807) is 6.07 Å². The number of aryl methyl sites for hydroxylation is 1. The van der Waals surface area contributed by atoms with Crippen molar-refractivity contribution in [2.45, 2.75) is 26.2 Å². The van der Waals surface area contributed by atoms with Crippen LogP contribution in [-0.4, -0.2) is 9.97 Å². The molecule has 5 rings (SSSR count). The van der Waals surface area contributed by atoms with E-state index in [1.807, 2.05) is 48.5 Å². The van der Waals surface area contributed by atoms with Crippen molar-refractivity contribution in [1.82, 2.24) is 9.97 Å². The molecule has 4 nitrogen and oxygen atoms in total. The van der Waals surface area contributed by atoms with Crippen LogP contribution in [0.4, 0.5) is 0 Å². The normalized spacial score (nSPS) is 11.8. The molecule has 2 aromatic heterocycles. The van der Waals surface area contributed by atoms with E-state index in [0.717, 1.165) is 41.2 Å². The SMILES string of the molecule is CCCCc1cccc2[nH]c3cc4c(=O)c5ccccc5[nH]c4cc3c(=O)c12. The second kappa shape index (κ2) is 6.34. The Hall–Kier alpha value is -3.40. The minimum atomic E-state index is -0.0242. The molecule has 3 aromatic carbocycles. The van der Waals surface area contributed by atoms with Crippen LogP contribution >= 0.6 is 0 Å². The fourth-order valence-corrected chi connectivity index (χ4v) is 4.09. The monoisotopic (exact) mass is 368 g/mol. The molecule has 0 spiro atoms. The lowest BCUT2D eigenvalue weighted by molar-refractivity contribution is 0.799. The van der Waals surface area contributed by atoms with Crippen LogP contribution in [0.5, 0.6) is 0 Å². The lowest BCUT2D eigenvalue weighted by atomic mass is 10.00. The Balaban J connectivity index is 1.90. The maximum Gasteiger partial charge on any atom is 0.197 e. The zero-order chi connectivity index (χ0) is 19.3. The molecule has 0 atom stereocenters. The number of rotatable bonds is 3. The Morgan fingerprint density at radius 2 is 1.39 bits per heavy atom. The predicted molar refractivity (Wildman–Crippen MR) is 116 cm³/mol. The standard InChI is InChI=1S/C24H20N2O2/c1-2-3-7-14-8-6-11-19-22(14)24(28)17-13-20-16(12-21(17)26-19)23(27)15-9-4-5-10-18(15)25-20/h4-6,8-13H,2-3,7H2,1H3,(H,25,27)(H,26,28). The summed E-state index contributed by atoms with van der Waals surface area (Å²) in [4.78, 5) is 33.0. The first-order chi connectivity index (χ1) is 13.7. The zero-order valence-corrected chi connectivity index (χ0v) is 15.6. The Morgan fingerprint density at radius 1 is 0.714 bits per heavy atom.